The monoisotopic (exact) mass is 184 g/mol. The molecule has 6 heteroatoms. The Bertz CT molecular complexity index is 245. The molecule has 0 aromatic carbocycles. The van der Waals surface area contributed by atoms with E-state index in [0.29, 0.717) is 12.2 Å². The van der Waals surface area contributed by atoms with Gasteiger partial charge in [-0.25, -0.2) is 9.59 Å². The maximum absolute atomic E-state index is 9.55. The number of aromatic nitrogens is 2. The molecule has 0 bridgehead atoms. The van der Waals surface area contributed by atoms with Crippen LogP contribution in [0.5, 0.6) is 0 Å². The normalized spacial score (nSPS) is 8.92. The molecule has 70 valence electrons. The molecule has 0 spiro atoms. The Balaban J connectivity index is 0.000000243. The maximum atomic E-state index is 9.55. The highest BCUT2D eigenvalue weighted by Crippen LogP contribution is 1.70. The average molecular weight is 184 g/mol. The van der Waals surface area contributed by atoms with E-state index in [1.165, 1.54) is 0 Å². The minimum Gasteiger partial charge on any atom is -0.478 e. The molecule has 0 atom stereocenters. The second kappa shape index (κ2) is 6.59. The van der Waals surface area contributed by atoms with Crippen molar-refractivity contribution >= 4 is 11.9 Å². The van der Waals surface area contributed by atoms with Gasteiger partial charge in [0, 0.05) is 24.5 Å². The molecule has 13 heavy (non-hydrogen) atoms. The van der Waals surface area contributed by atoms with Crippen molar-refractivity contribution in [2.45, 2.75) is 0 Å². The molecule has 0 amide bonds. The van der Waals surface area contributed by atoms with Crippen LogP contribution < -0.4 is 0 Å². The Morgan fingerprint density at radius 3 is 1.92 bits per heavy atom. The Labute approximate surface area is 73.5 Å². The molecule has 1 rings (SSSR count). The van der Waals surface area contributed by atoms with E-state index in [0.717, 1.165) is 0 Å². The van der Waals surface area contributed by atoms with Crippen LogP contribution in [-0.2, 0) is 9.59 Å². The second-order valence-corrected chi connectivity index (χ2v) is 1.78. The zero-order valence-corrected chi connectivity index (χ0v) is 6.54. The van der Waals surface area contributed by atoms with Crippen molar-refractivity contribution in [3.63, 3.8) is 0 Å². The van der Waals surface area contributed by atoms with Crippen LogP contribution in [0.15, 0.2) is 30.6 Å². The fourth-order valence-electron chi connectivity index (χ4n) is 0.358. The van der Waals surface area contributed by atoms with Gasteiger partial charge in [-0.2, -0.15) is 5.10 Å². The van der Waals surface area contributed by atoms with Crippen molar-refractivity contribution < 1.29 is 19.8 Å². The predicted octanol–water partition coefficient (Wildman–Crippen LogP) is 0.121. The number of hydrogen-bond acceptors (Lipinski definition) is 3. The van der Waals surface area contributed by atoms with Gasteiger partial charge in [-0.05, 0) is 6.07 Å². The van der Waals surface area contributed by atoms with E-state index in [1.807, 2.05) is 6.07 Å². The lowest BCUT2D eigenvalue weighted by molar-refractivity contribution is -0.134. The molecule has 0 saturated carbocycles. The molecular formula is C7H8N2O4. The number of nitrogens with zero attached hydrogens (tertiary/aromatic N) is 1. The summed E-state index contributed by atoms with van der Waals surface area (Å²) in [5, 5.41) is 21.8. The van der Waals surface area contributed by atoms with Gasteiger partial charge in [0.05, 0.1) is 0 Å². The number of hydrogen-bond donors (Lipinski definition) is 3. The second-order valence-electron chi connectivity index (χ2n) is 1.78. The van der Waals surface area contributed by atoms with Crippen molar-refractivity contribution in [1.29, 1.82) is 0 Å². The largest absolute Gasteiger partial charge is 0.478 e. The molecule has 1 aromatic heterocycles. The zero-order valence-electron chi connectivity index (χ0n) is 6.54. The summed E-state index contributed by atoms with van der Waals surface area (Å²) in [5.41, 5.74) is 0. The Morgan fingerprint density at radius 1 is 1.23 bits per heavy atom. The fraction of sp³-hybridized carbons (Fsp3) is 0. The van der Waals surface area contributed by atoms with Gasteiger partial charge in [-0.3, -0.25) is 5.10 Å². The maximum Gasteiger partial charge on any atom is 0.328 e. The first-order valence-electron chi connectivity index (χ1n) is 3.20. The quantitative estimate of drug-likeness (QED) is 0.566. The first kappa shape index (κ1) is 10.9. The van der Waals surface area contributed by atoms with Gasteiger partial charge in [0.1, 0.15) is 0 Å². The molecule has 0 fully saturated rings. The number of aliphatic carboxylic acids is 2. The summed E-state index contributed by atoms with van der Waals surface area (Å²) >= 11 is 0. The molecule has 1 aromatic rings. The molecule has 3 N–H and O–H groups in total. The summed E-state index contributed by atoms with van der Waals surface area (Å²) in [6, 6.07) is 1.83. The number of aromatic amines is 1. The van der Waals surface area contributed by atoms with E-state index < -0.39 is 11.9 Å². The highest BCUT2D eigenvalue weighted by atomic mass is 16.4. The summed E-state index contributed by atoms with van der Waals surface area (Å²) in [6.07, 6.45) is 4.57. The third kappa shape index (κ3) is 9.89. The van der Waals surface area contributed by atoms with Crippen molar-refractivity contribution in [1.82, 2.24) is 10.2 Å². The topological polar surface area (TPSA) is 103 Å². The number of H-pyrrole nitrogens is 1. The van der Waals surface area contributed by atoms with Crippen LogP contribution >= 0.6 is 0 Å². The third-order valence-electron chi connectivity index (χ3n) is 0.774. The van der Waals surface area contributed by atoms with Crippen LogP contribution in [0.3, 0.4) is 0 Å². The van der Waals surface area contributed by atoms with Crippen LogP contribution in [0.4, 0.5) is 0 Å². The van der Waals surface area contributed by atoms with E-state index >= 15 is 0 Å². The Morgan fingerprint density at radius 2 is 1.77 bits per heavy atom. The van der Waals surface area contributed by atoms with Crippen molar-refractivity contribution in [3.05, 3.63) is 30.6 Å². The Hall–Kier alpha value is -2.11. The average Bonchev–Trinajstić information content (AvgIpc) is 2.57. The van der Waals surface area contributed by atoms with Gasteiger partial charge in [-0.1, -0.05) is 0 Å². The van der Waals surface area contributed by atoms with Gasteiger partial charge in [0.15, 0.2) is 0 Å². The van der Waals surface area contributed by atoms with Crippen LogP contribution in [0.25, 0.3) is 0 Å². The van der Waals surface area contributed by atoms with E-state index in [9.17, 15) is 9.59 Å². The summed E-state index contributed by atoms with van der Waals surface area (Å²) < 4.78 is 0. The SMILES string of the molecule is O=C(O)C=CC(=O)O.c1cn[nH]c1. The first-order valence-corrected chi connectivity index (χ1v) is 3.20. The summed E-state index contributed by atoms with van der Waals surface area (Å²) in [7, 11) is 0. The van der Waals surface area contributed by atoms with E-state index in [4.69, 9.17) is 10.2 Å². The highest BCUT2D eigenvalue weighted by molar-refractivity contribution is 5.89. The summed E-state index contributed by atoms with van der Waals surface area (Å²) in [6.45, 7) is 0. The zero-order chi connectivity index (χ0) is 10.1. The van der Waals surface area contributed by atoms with Gasteiger partial charge in [0.25, 0.3) is 0 Å². The summed E-state index contributed by atoms with van der Waals surface area (Å²) in [5.74, 6) is -2.51. The van der Waals surface area contributed by atoms with Crippen molar-refractivity contribution in [3.8, 4) is 0 Å². The third-order valence-corrected chi connectivity index (χ3v) is 0.774. The number of carboxylic acid groups (broad SMARTS) is 2. The standard InChI is InChI=1S/C4H4O4.C3H4N2/c5-3(6)1-2-4(7)8;1-2-4-5-3-1/h1-2H,(H,5,6)(H,7,8);1-3H,(H,4,5). The number of rotatable bonds is 2. The predicted molar refractivity (Wildman–Crippen MR) is 43.0 cm³/mol. The van der Waals surface area contributed by atoms with Gasteiger partial charge >= 0.3 is 11.9 Å². The lowest BCUT2D eigenvalue weighted by atomic mass is 10.5. The van der Waals surface area contributed by atoms with Crippen LogP contribution in [0.2, 0.25) is 0 Å². The van der Waals surface area contributed by atoms with Crippen LogP contribution in [0, 0.1) is 0 Å². The molecule has 0 radical (unpaired) electrons. The minimum absolute atomic E-state index is 0.558. The molecule has 0 aliphatic rings. The molecule has 0 unspecified atom stereocenters. The molecule has 1 heterocycles. The number of nitrogens with one attached hydrogen (secondary N) is 1. The number of carboxylic acids is 2. The first-order chi connectivity index (χ1) is 6.13. The fourth-order valence-corrected chi connectivity index (χ4v) is 0.358. The molecule has 0 aliphatic carbocycles. The lowest BCUT2D eigenvalue weighted by Crippen LogP contribution is -1.91. The Kier molecular flexibility index (Phi) is 5.52. The summed E-state index contributed by atoms with van der Waals surface area (Å²) in [4.78, 5) is 19.1. The van der Waals surface area contributed by atoms with Gasteiger partial charge in [0.2, 0.25) is 0 Å². The molecule has 6 nitrogen and oxygen atoms in total. The van der Waals surface area contributed by atoms with E-state index in [2.05, 4.69) is 10.2 Å². The molecule has 0 aliphatic heterocycles. The smallest absolute Gasteiger partial charge is 0.328 e. The van der Waals surface area contributed by atoms with E-state index in [-0.39, 0.29) is 0 Å². The molecule has 0 saturated heterocycles. The van der Waals surface area contributed by atoms with Crippen LogP contribution in [-0.4, -0.2) is 32.3 Å². The van der Waals surface area contributed by atoms with Crippen LogP contribution in [0.1, 0.15) is 0 Å². The van der Waals surface area contributed by atoms with Gasteiger partial charge in [-0.15, -0.1) is 0 Å². The minimum atomic E-state index is -1.26. The van der Waals surface area contributed by atoms with Crippen molar-refractivity contribution in [2.24, 2.45) is 0 Å². The lowest BCUT2D eigenvalue weighted by Gasteiger charge is -1.74. The number of carbonyl (C=O) groups is 2. The van der Waals surface area contributed by atoms with Crippen molar-refractivity contribution in [2.75, 3.05) is 0 Å². The highest BCUT2D eigenvalue weighted by Gasteiger charge is 1.88. The van der Waals surface area contributed by atoms with Gasteiger partial charge < -0.3 is 10.2 Å². The molecular weight excluding hydrogens is 176 g/mol. The van der Waals surface area contributed by atoms with E-state index in [1.54, 1.807) is 12.4 Å².